The Labute approximate surface area is 191 Å². The normalized spacial score (nSPS) is 18.6. The van der Waals surface area contributed by atoms with E-state index in [1.54, 1.807) is 17.4 Å². The molecule has 0 saturated carbocycles. The van der Waals surface area contributed by atoms with Crippen molar-refractivity contribution in [1.82, 2.24) is 15.3 Å². The summed E-state index contributed by atoms with van der Waals surface area (Å²) in [6.07, 6.45) is 0.236. The van der Waals surface area contributed by atoms with Crippen molar-refractivity contribution >= 4 is 22.4 Å². The quantitative estimate of drug-likeness (QED) is 0.615. The first kappa shape index (κ1) is 22.4. The third-order valence-electron chi connectivity index (χ3n) is 5.22. The van der Waals surface area contributed by atoms with Crippen LogP contribution < -0.4 is 10.2 Å². The van der Waals surface area contributed by atoms with E-state index in [1.165, 1.54) is 18.2 Å². The second-order valence-corrected chi connectivity index (χ2v) is 9.24. The maximum Gasteiger partial charge on any atom is 0.251 e. The molecule has 1 amide bonds. The topological polar surface area (TPSA) is 67.3 Å². The smallest absolute Gasteiger partial charge is 0.251 e. The van der Waals surface area contributed by atoms with E-state index in [0.717, 1.165) is 45.7 Å². The van der Waals surface area contributed by atoms with E-state index in [1.807, 2.05) is 26.0 Å². The van der Waals surface area contributed by atoms with Crippen molar-refractivity contribution in [2.45, 2.75) is 46.4 Å². The number of carbonyl (C=O) groups excluding carboxylic acids is 1. The highest BCUT2D eigenvalue weighted by Crippen LogP contribution is 2.36. The summed E-state index contributed by atoms with van der Waals surface area (Å²) in [4.78, 5) is 25.2. The highest BCUT2D eigenvalue weighted by molar-refractivity contribution is 7.19. The number of anilines is 1. The average molecular weight is 455 g/mol. The molecule has 1 aliphatic heterocycles. The summed E-state index contributed by atoms with van der Waals surface area (Å²) in [5.41, 5.74) is 3.96. The van der Waals surface area contributed by atoms with Gasteiger partial charge < -0.3 is 15.0 Å². The lowest BCUT2D eigenvalue weighted by Gasteiger charge is -2.35. The molecule has 6 nitrogen and oxygen atoms in total. The Morgan fingerprint density at radius 3 is 2.50 bits per heavy atom. The highest BCUT2D eigenvalue weighted by atomic mass is 32.1. The number of carbonyl (C=O) groups is 1. The van der Waals surface area contributed by atoms with Gasteiger partial charge in [-0.15, -0.1) is 0 Å². The molecule has 4 rings (SSSR count). The zero-order chi connectivity index (χ0) is 22.8. The summed E-state index contributed by atoms with van der Waals surface area (Å²) in [6, 6.07) is 9.74. The highest BCUT2D eigenvalue weighted by Gasteiger charge is 2.26. The minimum Gasteiger partial charge on any atom is -0.372 e. The molecule has 1 N–H and O–H groups in total. The molecule has 2 atom stereocenters. The molecule has 3 aromatic rings. The average Bonchev–Trinajstić information content (AvgIpc) is 3.15. The van der Waals surface area contributed by atoms with Gasteiger partial charge in [-0.3, -0.25) is 9.78 Å². The van der Waals surface area contributed by atoms with Crippen molar-refractivity contribution in [2.75, 3.05) is 18.0 Å². The molecular formula is C24H27FN4O2S. The van der Waals surface area contributed by atoms with Crippen LogP contribution in [-0.4, -0.2) is 41.2 Å². The van der Waals surface area contributed by atoms with Crippen molar-refractivity contribution < 1.29 is 13.9 Å². The Balaban J connectivity index is 1.64. The van der Waals surface area contributed by atoms with E-state index >= 15 is 0 Å². The summed E-state index contributed by atoms with van der Waals surface area (Å²) in [7, 11) is 0. The van der Waals surface area contributed by atoms with E-state index in [-0.39, 0.29) is 30.2 Å². The maximum absolute atomic E-state index is 13.5. The molecule has 0 spiro atoms. The van der Waals surface area contributed by atoms with Crippen LogP contribution in [0.15, 0.2) is 36.4 Å². The molecule has 8 heteroatoms. The van der Waals surface area contributed by atoms with E-state index < -0.39 is 5.82 Å². The molecule has 1 saturated heterocycles. The van der Waals surface area contributed by atoms with Crippen LogP contribution in [0.4, 0.5) is 9.52 Å². The summed E-state index contributed by atoms with van der Waals surface area (Å²) in [5, 5.41) is 3.80. The second-order valence-electron chi connectivity index (χ2n) is 8.27. The monoisotopic (exact) mass is 454 g/mol. The predicted octanol–water partition coefficient (Wildman–Crippen LogP) is 4.50. The van der Waals surface area contributed by atoms with Crippen molar-refractivity contribution in [3.05, 3.63) is 64.9 Å². The predicted molar refractivity (Wildman–Crippen MR) is 125 cm³/mol. The molecule has 1 fully saturated rings. The van der Waals surface area contributed by atoms with E-state index in [4.69, 9.17) is 9.72 Å². The molecular weight excluding hydrogens is 427 g/mol. The number of thiazole rings is 1. The van der Waals surface area contributed by atoms with Crippen LogP contribution in [0.1, 0.15) is 41.3 Å². The van der Waals surface area contributed by atoms with E-state index in [2.05, 4.69) is 29.0 Å². The number of halogens is 1. The minimum absolute atomic E-state index is 0.118. The lowest BCUT2D eigenvalue weighted by molar-refractivity contribution is -0.00523. The number of ether oxygens (including phenoxy) is 1. The van der Waals surface area contributed by atoms with Crippen molar-refractivity contribution in [3.8, 4) is 10.4 Å². The Morgan fingerprint density at radius 1 is 1.16 bits per heavy atom. The van der Waals surface area contributed by atoms with Gasteiger partial charge in [-0.05, 0) is 63.6 Å². The van der Waals surface area contributed by atoms with Crippen LogP contribution in [0.5, 0.6) is 0 Å². The fourth-order valence-electron chi connectivity index (χ4n) is 4.02. The largest absolute Gasteiger partial charge is 0.372 e. The number of nitrogens with one attached hydrogen (secondary N) is 1. The van der Waals surface area contributed by atoms with Crippen molar-refractivity contribution in [2.24, 2.45) is 0 Å². The molecule has 1 aromatic carbocycles. The van der Waals surface area contributed by atoms with Gasteiger partial charge in [0.25, 0.3) is 5.91 Å². The van der Waals surface area contributed by atoms with Crippen LogP contribution >= 0.6 is 11.3 Å². The molecule has 0 bridgehead atoms. The summed E-state index contributed by atoms with van der Waals surface area (Å²) < 4.78 is 19.4. The first-order chi connectivity index (χ1) is 15.3. The van der Waals surface area contributed by atoms with E-state index in [9.17, 15) is 9.18 Å². The van der Waals surface area contributed by atoms with Gasteiger partial charge >= 0.3 is 0 Å². The number of aryl methyl sites for hydroxylation is 2. The molecule has 0 aliphatic carbocycles. The molecule has 3 heterocycles. The lowest BCUT2D eigenvalue weighted by atomic mass is 10.1. The first-order valence-electron chi connectivity index (χ1n) is 10.7. The number of hydrogen-bond acceptors (Lipinski definition) is 6. The Hall–Kier alpha value is -2.84. The number of amides is 1. The Bertz CT molecular complexity index is 1100. The molecule has 2 unspecified atom stereocenters. The third kappa shape index (κ3) is 5.14. The number of pyridine rings is 1. The number of aromatic nitrogens is 2. The molecule has 1 aliphatic rings. The zero-order valence-corrected chi connectivity index (χ0v) is 19.5. The van der Waals surface area contributed by atoms with Gasteiger partial charge in [0.15, 0.2) is 5.13 Å². The number of hydrogen-bond donors (Lipinski definition) is 1. The van der Waals surface area contributed by atoms with Gasteiger partial charge in [-0.2, -0.15) is 0 Å². The van der Waals surface area contributed by atoms with Gasteiger partial charge in [0.1, 0.15) is 5.82 Å². The number of benzene rings is 1. The standard InChI is InChI=1S/C24H27FN4O2S/c1-14-8-19(9-15(2)27-14)22-21(11-26-23(30)18-6-5-7-20(25)10-18)28-24(32-22)29-12-16(3)31-17(4)13-29/h5-10,16-17H,11-13H2,1-4H3,(H,26,30). The molecule has 168 valence electrons. The third-order valence-corrected chi connectivity index (χ3v) is 6.43. The van der Waals surface area contributed by atoms with Gasteiger partial charge in [0.2, 0.25) is 0 Å². The Morgan fingerprint density at radius 2 is 1.84 bits per heavy atom. The molecule has 32 heavy (non-hydrogen) atoms. The van der Waals surface area contributed by atoms with Gasteiger partial charge in [0.05, 0.1) is 29.3 Å². The fourth-order valence-corrected chi connectivity index (χ4v) is 5.10. The van der Waals surface area contributed by atoms with Crippen LogP contribution in [0.25, 0.3) is 10.4 Å². The van der Waals surface area contributed by atoms with Crippen molar-refractivity contribution in [1.29, 1.82) is 0 Å². The SMILES string of the molecule is Cc1cc(-c2sc(N3CC(C)OC(C)C3)nc2CNC(=O)c2cccc(F)c2)cc(C)n1. The van der Waals surface area contributed by atoms with E-state index in [0.29, 0.717) is 0 Å². The first-order valence-corrected chi connectivity index (χ1v) is 11.5. The van der Waals surface area contributed by atoms with Crippen molar-refractivity contribution in [3.63, 3.8) is 0 Å². The summed E-state index contributed by atoms with van der Waals surface area (Å²) in [6.45, 7) is 9.84. The second kappa shape index (κ2) is 9.34. The van der Waals surface area contributed by atoms with Crippen LogP contribution in [0, 0.1) is 19.7 Å². The fraction of sp³-hybridized carbons (Fsp3) is 0.375. The molecule has 2 aromatic heterocycles. The van der Waals surface area contributed by atoms with Gasteiger partial charge in [-0.1, -0.05) is 17.4 Å². The number of rotatable bonds is 5. The summed E-state index contributed by atoms with van der Waals surface area (Å²) >= 11 is 1.61. The van der Waals surface area contributed by atoms with Crippen LogP contribution in [0.3, 0.4) is 0 Å². The summed E-state index contributed by atoms with van der Waals surface area (Å²) in [5.74, 6) is -0.770. The lowest BCUT2D eigenvalue weighted by Crippen LogP contribution is -2.45. The Kier molecular flexibility index (Phi) is 6.53. The van der Waals surface area contributed by atoms with Gasteiger partial charge in [-0.25, -0.2) is 9.37 Å². The number of nitrogens with zero attached hydrogens (tertiary/aromatic N) is 3. The minimum atomic E-state index is -0.437. The number of morpholine rings is 1. The van der Waals surface area contributed by atoms with Crippen LogP contribution in [-0.2, 0) is 11.3 Å². The maximum atomic E-state index is 13.5. The van der Waals surface area contributed by atoms with Gasteiger partial charge in [0, 0.05) is 30.0 Å². The zero-order valence-electron chi connectivity index (χ0n) is 18.7. The molecule has 0 radical (unpaired) electrons. The van der Waals surface area contributed by atoms with Crippen LogP contribution in [0.2, 0.25) is 0 Å².